The summed E-state index contributed by atoms with van der Waals surface area (Å²) in [6, 6.07) is 18.3. The summed E-state index contributed by atoms with van der Waals surface area (Å²) in [5.41, 5.74) is 3.53. The van der Waals surface area contributed by atoms with Gasteiger partial charge in [0.05, 0.1) is 6.61 Å². The van der Waals surface area contributed by atoms with Gasteiger partial charge in [-0.1, -0.05) is 30.3 Å². The Balaban J connectivity index is 1.79. The molecule has 4 rings (SSSR count). The predicted octanol–water partition coefficient (Wildman–Crippen LogP) is 4.53. The Hall–Kier alpha value is -3.77. The number of H-pyrrole nitrogens is 1. The largest absolute Gasteiger partial charge is 0.392 e. The predicted molar refractivity (Wildman–Crippen MR) is 109 cm³/mol. The number of benzene rings is 3. The molecule has 3 aromatic carbocycles. The van der Waals surface area contributed by atoms with Crippen LogP contribution in [0, 0.1) is 5.82 Å². The number of nitrogens with one attached hydrogen (secondary N) is 2. The number of aliphatic hydroxyl groups is 1. The maximum absolute atomic E-state index is 13.9. The summed E-state index contributed by atoms with van der Waals surface area (Å²) in [6.45, 7) is -0.321. The zero-order valence-electron chi connectivity index (χ0n) is 15.3. The Morgan fingerprint density at radius 3 is 2.59 bits per heavy atom. The highest BCUT2D eigenvalue weighted by Gasteiger charge is 2.20. The summed E-state index contributed by atoms with van der Waals surface area (Å²) in [4.78, 5) is 27.2. The molecule has 0 fully saturated rings. The van der Waals surface area contributed by atoms with E-state index in [9.17, 15) is 19.1 Å². The number of amides is 1. The number of hydrogen-bond donors (Lipinski definition) is 3. The van der Waals surface area contributed by atoms with E-state index in [1.54, 1.807) is 18.2 Å². The third-order valence-electron chi connectivity index (χ3n) is 4.75. The Morgan fingerprint density at radius 1 is 1.07 bits per heavy atom. The number of fused-ring (bicyclic) bond motifs is 1. The van der Waals surface area contributed by atoms with Crippen LogP contribution in [0.3, 0.4) is 0 Å². The Labute approximate surface area is 165 Å². The van der Waals surface area contributed by atoms with Gasteiger partial charge in [-0.15, -0.1) is 0 Å². The van der Waals surface area contributed by atoms with E-state index >= 15 is 0 Å². The fraction of sp³-hybridized carbons (Fsp3) is 0.0435. The summed E-state index contributed by atoms with van der Waals surface area (Å²) >= 11 is 0. The Kier molecular flexibility index (Phi) is 4.93. The van der Waals surface area contributed by atoms with Gasteiger partial charge in [0.25, 0.3) is 5.91 Å². The number of halogens is 1. The molecule has 5 nitrogen and oxygen atoms in total. The van der Waals surface area contributed by atoms with E-state index in [0.717, 1.165) is 5.56 Å². The third kappa shape index (κ3) is 3.53. The topological polar surface area (TPSA) is 82.2 Å². The molecular formula is C23H17FN2O3. The lowest BCUT2D eigenvalue weighted by molar-refractivity contribution is 0.102. The first-order valence-corrected chi connectivity index (χ1v) is 8.97. The summed E-state index contributed by atoms with van der Waals surface area (Å²) in [5.74, 6) is -0.805. The highest BCUT2D eigenvalue weighted by atomic mass is 19.1. The van der Waals surface area contributed by atoms with E-state index in [1.807, 2.05) is 30.3 Å². The van der Waals surface area contributed by atoms with E-state index in [1.165, 1.54) is 18.2 Å². The molecule has 0 atom stereocenters. The quantitative estimate of drug-likeness (QED) is 0.439. The number of aldehydes is 1. The zero-order chi connectivity index (χ0) is 20.4. The van der Waals surface area contributed by atoms with E-state index in [2.05, 4.69) is 10.3 Å². The molecule has 3 N–H and O–H groups in total. The second kappa shape index (κ2) is 7.69. The normalized spacial score (nSPS) is 10.8. The molecule has 144 valence electrons. The highest BCUT2D eigenvalue weighted by molar-refractivity contribution is 6.14. The van der Waals surface area contributed by atoms with Crippen LogP contribution in [0.4, 0.5) is 10.1 Å². The third-order valence-corrected chi connectivity index (χ3v) is 4.75. The number of hydrogen-bond acceptors (Lipinski definition) is 3. The van der Waals surface area contributed by atoms with Crippen molar-refractivity contribution in [3.63, 3.8) is 0 Å². The van der Waals surface area contributed by atoms with Crippen molar-refractivity contribution in [3.05, 3.63) is 89.4 Å². The molecule has 0 saturated heterocycles. The standard InChI is InChI=1S/C23H17FN2O3/c24-17-7-9-20-19(11-17)21(14-4-2-1-3-5-14)22(26-20)23(29)25-18-8-6-15(12-27)16(10-18)13-28/h1-12,26,28H,13H2,(H,25,29). The minimum Gasteiger partial charge on any atom is -0.392 e. The van der Waals surface area contributed by atoms with Crippen LogP contribution in [0.25, 0.3) is 22.0 Å². The smallest absolute Gasteiger partial charge is 0.272 e. The Morgan fingerprint density at radius 2 is 1.86 bits per heavy atom. The maximum atomic E-state index is 13.9. The van der Waals surface area contributed by atoms with E-state index in [0.29, 0.717) is 45.3 Å². The van der Waals surface area contributed by atoms with Crippen molar-refractivity contribution in [3.8, 4) is 11.1 Å². The van der Waals surface area contributed by atoms with Crippen LogP contribution in [0.1, 0.15) is 26.4 Å². The second-order valence-corrected chi connectivity index (χ2v) is 6.57. The van der Waals surface area contributed by atoms with Crippen LogP contribution >= 0.6 is 0 Å². The van der Waals surface area contributed by atoms with Gasteiger partial charge in [0.1, 0.15) is 17.8 Å². The summed E-state index contributed by atoms with van der Waals surface area (Å²) in [6.07, 6.45) is 0.650. The van der Waals surface area contributed by atoms with Gasteiger partial charge in [-0.25, -0.2) is 4.39 Å². The molecule has 0 saturated carbocycles. The SMILES string of the molecule is O=Cc1ccc(NC(=O)c2[nH]c3ccc(F)cc3c2-c2ccccc2)cc1CO. The van der Waals surface area contributed by atoms with Gasteiger partial charge >= 0.3 is 0 Å². The molecule has 1 heterocycles. The molecule has 0 aliphatic rings. The molecule has 0 aliphatic heterocycles. The fourth-order valence-corrected chi connectivity index (χ4v) is 3.37. The number of aromatic amines is 1. The van der Waals surface area contributed by atoms with Crippen molar-refractivity contribution in [1.29, 1.82) is 0 Å². The van der Waals surface area contributed by atoms with Crippen molar-refractivity contribution in [2.75, 3.05) is 5.32 Å². The van der Waals surface area contributed by atoms with E-state index in [-0.39, 0.29) is 6.61 Å². The Bertz CT molecular complexity index is 1220. The monoisotopic (exact) mass is 388 g/mol. The molecule has 4 aromatic rings. The number of carbonyl (C=O) groups excluding carboxylic acids is 2. The summed E-state index contributed by atoms with van der Waals surface area (Å²) < 4.78 is 13.9. The van der Waals surface area contributed by atoms with Crippen molar-refractivity contribution in [2.24, 2.45) is 0 Å². The molecule has 1 amide bonds. The van der Waals surface area contributed by atoms with Gasteiger partial charge in [0.15, 0.2) is 0 Å². The zero-order valence-corrected chi connectivity index (χ0v) is 15.3. The lowest BCUT2D eigenvalue weighted by atomic mass is 10.0. The van der Waals surface area contributed by atoms with Crippen LogP contribution in [0.15, 0.2) is 66.7 Å². The molecular weight excluding hydrogens is 371 g/mol. The molecule has 0 spiro atoms. The molecule has 0 radical (unpaired) electrons. The van der Waals surface area contributed by atoms with Crippen LogP contribution in [0.2, 0.25) is 0 Å². The average molecular weight is 388 g/mol. The molecule has 0 bridgehead atoms. The average Bonchev–Trinajstić information content (AvgIpc) is 3.13. The van der Waals surface area contributed by atoms with Crippen LogP contribution in [0.5, 0.6) is 0 Å². The van der Waals surface area contributed by atoms with Gasteiger partial charge in [-0.2, -0.15) is 0 Å². The van der Waals surface area contributed by atoms with Gasteiger partial charge in [0.2, 0.25) is 0 Å². The summed E-state index contributed by atoms with van der Waals surface area (Å²) in [5, 5.41) is 12.8. The minimum atomic E-state index is -0.414. The van der Waals surface area contributed by atoms with Gasteiger partial charge < -0.3 is 15.4 Å². The van der Waals surface area contributed by atoms with Crippen LogP contribution in [-0.2, 0) is 6.61 Å². The molecule has 6 heteroatoms. The number of anilines is 1. The van der Waals surface area contributed by atoms with Gasteiger partial charge in [-0.3, -0.25) is 9.59 Å². The first kappa shape index (κ1) is 18.6. The number of aliphatic hydroxyl groups excluding tert-OH is 1. The van der Waals surface area contributed by atoms with Crippen LogP contribution in [-0.4, -0.2) is 22.3 Å². The van der Waals surface area contributed by atoms with Gasteiger partial charge in [-0.05, 0) is 47.5 Å². The molecule has 0 unspecified atom stereocenters. The van der Waals surface area contributed by atoms with E-state index in [4.69, 9.17) is 0 Å². The minimum absolute atomic E-state index is 0.293. The number of carbonyl (C=O) groups is 2. The molecule has 29 heavy (non-hydrogen) atoms. The summed E-state index contributed by atoms with van der Waals surface area (Å²) in [7, 11) is 0. The van der Waals surface area contributed by atoms with Crippen molar-refractivity contribution in [1.82, 2.24) is 4.98 Å². The first-order chi connectivity index (χ1) is 14.1. The van der Waals surface area contributed by atoms with Crippen molar-refractivity contribution in [2.45, 2.75) is 6.61 Å². The first-order valence-electron chi connectivity index (χ1n) is 8.97. The lowest BCUT2D eigenvalue weighted by Crippen LogP contribution is -2.14. The maximum Gasteiger partial charge on any atom is 0.272 e. The number of rotatable bonds is 5. The lowest BCUT2D eigenvalue weighted by Gasteiger charge is -2.09. The van der Waals surface area contributed by atoms with Crippen LogP contribution < -0.4 is 5.32 Å². The fourth-order valence-electron chi connectivity index (χ4n) is 3.37. The molecule has 1 aromatic heterocycles. The molecule has 0 aliphatic carbocycles. The van der Waals surface area contributed by atoms with E-state index < -0.39 is 11.7 Å². The highest BCUT2D eigenvalue weighted by Crippen LogP contribution is 2.33. The second-order valence-electron chi connectivity index (χ2n) is 6.57. The van der Waals surface area contributed by atoms with Gasteiger partial charge in [0, 0.05) is 27.7 Å². The van der Waals surface area contributed by atoms with Crippen molar-refractivity contribution < 1.29 is 19.1 Å². The van der Waals surface area contributed by atoms with Crippen molar-refractivity contribution >= 4 is 28.8 Å². The number of aromatic nitrogens is 1.